The lowest BCUT2D eigenvalue weighted by atomic mass is 10.1. The second-order valence-electron chi connectivity index (χ2n) is 4.19. The van der Waals surface area contributed by atoms with Gasteiger partial charge in [-0.25, -0.2) is 9.97 Å². The van der Waals surface area contributed by atoms with Gasteiger partial charge >= 0.3 is 0 Å². The predicted octanol–water partition coefficient (Wildman–Crippen LogP) is 2.83. The highest BCUT2D eigenvalue weighted by molar-refractivity contribution is 5.42. The molecule has 90 valence electrons. The molecule has 0 amide bonds. The number of nitrogens with zero attached hydrogens (tertiary/aromatic N) is 3. The zero-order valence-electron chi connectivity index (χ0n) is 10.4. The predicted molar refractivity (Wildman–Crippen MR) is 70.0 cm³/mol. The zero-order valence-corrected chi connectivity index (χ0v) is 10.4. The first-order valence-corrected chi connectivity index (χ1v) is 5.74. The highest BCUT2D eigenvalue weighted by Gasteiger charge is 2.05. The van der Waals surface area contributed by atoms with Crippen LogP contribution in [-0.2, 0) is 0 Å². The molecule has 0 saturated carbocycles. The Bertz CT molecular complexity index is 569. The van der Waals surface area contributed by atoms with E-state index in [2.05, 4.69) is 47.3 Å². The van der Waals surface area contributed by atoms with Gasteiger partial charge in [0.2, 0.25) is 5.82 Å². The third kappa shape index (κ3) is 2.83. The Labute approximate surface area is 106 Å². The van der Waals surface area contributed by atoms with Crippen molar-refractivity contribution in [2.45, 2.75) is 19.9 Å². The number of nitrogens with one attached hydrogen (secondary N) is 1. The maximum Gasteiger partial charge on any atom is 0.232 e. The number of nitriles is 1. The maximum atomic E-state index is 8.62. The quantitative estimate of drug-likeness (QED) is 0.893. The number of aromatic nitrogens is 2. The van der Waals surface area contributed by atoms with Crippen molar-refractivity contribution >= 4 is 5.69 Å². The van der Waals surface area contributed by atoms with E-state index in [1.165, 1.54) is 11.1 Å². The van der Waals surface area contributed by atoms with E-state index in [0.717, 1.165) is 5.69 Å². The first-order valence-electron chi connectivity index (χ1n) is 5.74. The van der Waals surface area contributed by atoms with Crippen molar-refractivity contribution in [1.82, 2.24) is 9.97 Å². The van der Waals surface area contributed by atoms with Crippen LogP contribution in [0.15, 0.2) is 36.7 Å². The monoisotopic (exact) mass is 238 g/mol. The van der Waals surface area contributed by atoms with Gasteiger partial charge in [-0.2, -0.15) is 5.26 Å². The Kier molecular flexibility index (Phi) is 3.54. The van der Waals surface area contributed by atoms with Crippen LogP contribution in [0.3, 0.4) is 0 Å². The SMILES string of the molecule is Cc1cccc(C(C)Nc2cnc(C#N)nc2)c1. The van der Waals surface area contributed by atoms with Crippen LogP contribution in [0.25, 0.3) is 0 Å². The molecular weight excluding hydrogens is 224 g/mol. The van der Waals surface area contributed by atoms with Gasteiger partial charge in [-0.3, -0.25) is 0 Å². The molecule has 0 fully saturated rings. The number of anilines is 1. The van der Waals surface area contributed by atoms with Crippen LogP contribution >= 0.6 is 0 Å². The normalized spacial score (nSPS) is 11.6. The van der Waals surface area contributed by atoms with Crippen LogP contribution in [0.5, 0.6) is 0 Å². The molecule has 4 nitrogen and oxygen atoms in total. The molecule has 1 aromatic heterocycles. The standard InChI is InChI=1S/C14H14N4/c1-10-4-3-5-12(6-10)11(2)18-13-8-16-14(7-15)17-9-13/h3-6,8-9,11,18H,1-2H3. The molecule has 0 saturated heterocycles. The highest BCUT2D eigenvalue weighted by Crippen LogP contribution is 2.18. The number of aryl methyl sites for hydroxylation is 1. The summed E-state index contributed by atoms with van der Waals surface area (Å²) in [7, 11) is 0. The van der Waals surface area contributed by atoms with Crippen LogP contribution in [-0.4, -0.2) is 9.97 Å². The molecule has 0 spiro atoms. The fraction of sp³-hybridized carbons (Fsp3) is 0.214. The van der Waals surface area contributed by atoms with Crippen molar-refractivity contribution in [2.24, 2.45) is 0 Å². The topological polar surface area (TPSA) is 61.6 Å². The van der Waals surface area contributed by atoms with Gasteiger partial charge in [0.15, 0.2) is 0 Å². The smallest absolute Gasteiger partial charge is 0.232 e. The molecule has 1 unspecified atom stereocenters. The lowest BCUT2D eigenvalue weighted by Gasteiger charge is -2.15. The van der Waals surface area contributed by atoms with Gasteiger partial charge in [0, 0.05) is 6.04 Å². The van der Waals surface area contributed by atoms with Crippen molar-refractivity contribution in [3.05, 3.63) is 53.6 Å². The summed E-state index contributed by atoms with van der Waals surface area (Å²) in [6.07, 6.45) is 3.25. The van der Waals surface area contributed by atoms with E-state index in [1.54, 1.807) is 12.4 Å². The molecule has 0 bridgehead atoms. The third-order valence-electron chi connectivity index (χ3n) is 2.68. The highest BCUT2D eigenvalue weighted by atomic mass is 15.0. The second kappa shape index (κ2) is 5.28. The van der Waals surface area contributed by atoms with Crippen molar-refractivity contribution in [2.75, 3.05) is 5.32 Å². The maximum absolute atomic E-state index is 8.62. The van der Waals surface area contributed by atoms with Gasteiger partial charge in [0.05, 0.1) is 18.1 Å². The first kappa shape index (κ1) is 12.1. The summed E-state index contributed by atoms with van der Waals surface area (Å²) in [4.78, 5) is 7.85. The second-order valence-corrected chi connectivity index (χ2v) is 4.19. The zero-order chi connectivity index (χ0) is 13.0. The van der Waals surface area contributed by atoms with Crippen LogP contribution < -0.4 is 5.32 Å². The Hall–Kier alpha value is -2.41. The molecule has 2 aromatic rings. The van der Waals surface area contributed by atoms with E-state index in [1.807, 2.05) is 12.1 Å². The number of rotatable bonds is 3. The van der Waals surface area contributed by atoms with Crippen LogP contribution in [0.1, 0.15) is 29.9 Å². The molecule has 1 aromatic carbocycles. The first-order chi connectivity index (χ1) is 8.69. The fourth-order valence-corrected chi connectivity index (χ4v) is 1.73. The Morgan fingerprint density at radius 1 is 1.28 bits per heavy atom. The molecule has 0 aliphatic rings. The van der Waals surface area contributed by atoms with Gasteiger partial charge in [0.25, 0.3) is 0 Å². The molecule has 0 radical (unpaired) electrons. The van der Waals surface area contributed by atoms with E-state index in [0.29, 0.717) is 0 Å². The summed E-state index contributed by atoms with van der Waals surface area (Å²) in [5.74, 6) is 0.184. The summed E-state index contributed by atoms with van der Waals surface area (Å²) in [5, 5.41) is 11.9. The van der Waals surface area contributed by atoms with Gasteiger partial charge < -0.3 is 5.32 Å². The van der Waals surface area contributed by atoms with E-state index in [4.69, 9.17) is 5.26 Å². The van der Waals surface area contributed by atoms with Gasteiger partial charge in [-0.15, -0.1) is 0 Å². The largest absolute Gasteiger partial charge is 0.376 e. The Morgan fingerprint density at radius 3 is 2.61 bits per heavy atom. The summed E-state index contributed by atoms with van der Waals surface area (Å²) in [6, 6.07) is 10.4. The summed E-state index contributed by atoms with van der Waals surface area (Å²) in [6.45, 7) is 4.15. The Balaban J connectivity index is 2.11. The van der Waals surface area contributed by atoms with Crippen molar-refractivity contribution in [3.8, 4) is 6.07 Å². The molecular formula is C14H14N4. The van der Waals surface area contributed by atoms with Gasteiger partial charge in [-0.1, -0.05) is 29.8 Å². The van der Waals surface area contributed by atoms with E-state index >= 15 is 0 Å². The molecule has 1 N–H and O–H groups in total. The van der Waals surface area contributed by atoms with Gasteiger partial charge in [0.1, 0.15) is 6.07 Å². The summed E-state index contributed by atoms with van der Waals surface area (Å²) >= 11 is 0. The van der Waals surface area contributed by atoms with Crippen LogP contribution in [0.2, 0.25) is 0 Å². The molecule has 18 heavy (non-hydrogen) atoms. The number of hydrogen-bond donors (Lipinski definition) is 1. The van der Waals surface area contributed by atoms with Crippen molar-refractivity contribution < 1.29 is 0 Å². The molecule has 2 rings (SSSR count). The molecule has 0 aliphatic carbocycles. The minimum atomic E-state index is 0.168. The minimum absolute atomic E-state index is 0.168. The van der Waals surface area contributed by atoms with Gasteiger partial charge in [-0.05, 0) is 19.4 Å². The van der Waals surface area contributed by atoms with Crippen molar-refractivity contribution in [3.63, 3.8) is 0 Å². The molecule has 1 heterocycles. The number of benzene rings is 1. The van der Waals surface area contributed by atoms with Crippen LogP contribution in [0, 0.1) is 18.3 Å². The molecule has 4 heteroatoms. The van der Waals surface area contributed by atoms with E-state index in [9.17, 15) is 0 Å². The summed E-state index contributed by atoms with van der Waals surface area (Å²) < 4.78 is 0. The van der Waals surface area contributed by atoms with Crippen LogP contribution in [0.4, 0.5) is 5.69 Å². The average molecular weight is 238 g/mol. The third-order valence-corrected chi connectivity index (χ3v) is 2.68. The molecule has 0 aliphatic heterocycles. The lowest BCUT2D eigenvalue weighted by Crippen LogP contribution is -2.07. The lowest BCUT2D eigenvalue weighted by molar-refractivity contribution is 0.877. The average Bonchev–Trinajstić information content (AvgIpc) is 2.39. The molecule has 1 atom stereocenters. The number of hydrogen-bond acceptors (Lipinski definition) is 4. The summed E-state index contributed by atoms with van der Waals surface area (Å²) in [5.41, 5.74) is 3.25. The Morgan fingerprint density at radius 2 is 2.00 bits per heavy atom. The van der Waals surface area contributed by atoms with E-state index in [-0.39, 0.29) is 11.9 Å². The fourth-order valence-electron chi connectivity index (χ4n) is 1.73. The van der Waals surface area contributed by atoms with E-state index < -0.39 is 0 Å². The van der Waals surface area contributed by atoms with Crippen molar-refractivity contribution in [1.29, 1.82) is 5.26 Å². The minimum Gasteiger partial charge on any atom is -0.376 e.